The van der Waals surface area contributed by atoms with E-state index in [9.17, 15) is 9.59 Å². The first-order valence-electron chi connectivity index (χ1n) is 6.53. The van der Waals surface area contributed by atoms with E-state index in [4.69, 9.17) is 0 Å². The van der Waals surface area contributed by atoms with Crippen molar-refractivity contribution < 1.29 is 9.59 Å². The highest BCUT2D eigenvalue weighted by molar-refractivity contribution is 7.00. The maximum absolute atomic E-state index is 11.8. The molecule has 1 aliphatic rings. The van der Waals surface area contributed by atoms with Crippen molar-refractivity contribution in [3.05, 3.63) is 18.2 Å². The molecule has 3 rings (SSSR count). The minimum absolute atomic E-state index is 0.0875. The molecule has 4 amide bonds. The Balaban J connectivity index is 1.52. The minimum atomic E-state index is -0.324. The fraction of sp³-hybridized carbons (Fsp3) is 0.333. The van der Waals surface area contributed by atoms with Gasteiger partial charge in [-0.3, -0.25) is 0 Å². The largest absolute Gasteiger partial charge is 0.336 e. The summed E-state index contributed by atoms with van der Waals surface area (Å²) in [6, 6.07) is 5.02. The Kier molecular flexibility index (Phi) is 3.82. The molecule has 0 atom stereocenters. The summed E-state index contributed by atoms with van der Waals surface area (Å²) in [6.45, 7) is 2.21. The van der Waals surface area contributed by atoms with Gasteiger partial charge in [0.05, 0.1) is 17.4 Å². The van der Waals surface area contributed by atoms with Gasteiger partial charge in [0, 0.05) is 26.2 Å². The van der Waals surface area contributed by atoms with Crippen LogP contribution in [0.5, 0.6) is 0 Å². The number of anilines is 1. The van der Waals surface area contributed by atoms with Gasteiger partial charge in [-0.05, 0) is 12.1 Å². The summed E-state index contributed by atoms with van der Waals surface area (Å²) >= 11 is 1.11. The van der Waals surface area contributed by atoms with Crippen LogP contribution in [0.4, 0.5) is 15.3 Å². The average molecular weight is 306 g/mol. The molecule has 2 heterocycles. The van der Waals surface area contributed by atoms with E-state index in [0.29, 0.717) is 37.4 Å². The van der Waals surface area contributed by atoms with Crippen LogP contribution < -0.4 is 16.0 Å². The standard InChI is InChI=1S/C12H14N6O2S/c19-11(13-4-6-18-7-5-14-12(18)20)15-8-2-1-3-9-10(8)17-21-16-9/h1-3H,4-7H2,(H,14,20)(H2,13,15,19). The maximum atomic E-state index is 11.8. The zero-order valence-electron chi connectivity index (χ0n) is 11.1. The Morgan fingerprint density at radius 2 is 2.33 bits per heavy atom. The molecule has 8 nitrogen and oxygen atoms in total. The van der Waals surface area contributed by atoms with E-state index in [1.807, 2.05) is 12.1 Å². The SMILES string of the molecule is O=C(NCCN1CCNC1=O)Nc1cccc2nsnc12. The summed E-state index contributed by atoms with van der Waals surface area (Å²) in [5.74, 6) is 0. The van der Waals surface area contributed by atoms with Crippen LogP contribution in [0.3, 0.4) is 0 Å². The van der Waals surface area contributed by atoms with Crippen LogP contribution in [0.25, 0.3) is 11.0 Å². The molecule has 1 aromatic carbocycles. The molecule has 0 unspecified atom stereocenters. The number of nitrogens with zero attached hydrogens (tertiary/aromatic N) is 3. The molecule has 3 N–H and O–H groups in total. The van der Waals surface area contributed by atoms with E-state index in [1.165, 1.54) is 0 Å². The molecule has 0 spiro atoms. The van der Waals surface area contributed by atoms with Gasteiger partial charge in [-0.25, -0.2) is 9.59 Å². The van der Waals surface area contributed by atoms with Crippen LogP contribution in [0, 0.1) is 0 Å². The lowest BCUT2D eigenvalue weighted by Crippen LogP contribution is -2.38. The lowest BCUT2D eigenvalue weighted by molar-refractivity contribution is 0.216. The van der Waals surface area contributed by atoms with Crippen LogP contribution >= 0.6 is 11.7 Å². The van der Waals surface area contributed by atoms with Crippen molar-refractivity contribution in [2.75, 3.05) is 31.5 Å². The van der Waals surface area contributed by atoms with Crippen molar-refractivity contribution in [1.82, 2.24) is 24.3 Å². The van der Waals surface area contributed by atoms with Crippen LogP contribution in [0.2, 0.25) is 0 Å². The number of fused-ring (bicyclic) bond motifs is 1. The lowest BCUT2D eigenvalue weighted by atomic mass is 10.2. The molecule has 1 fully saturated rings. The number of carbonyl (C=O) groups excluding carboxylic acids is 2. The van der Waals surface area contributed by atoms with E-state index < -0.39 is 0 Å². The first-order chi connectivity index (χ1) is 10.2. The highest BCUT2D eigenvalue weighted by Crippen LogP contribution is 2.20. The summed E-state index contributed by atoms with van der Waals surface area (Å²) in [4.78, 5) is 24.8. The van der Waals surface area contributed by atoms with Gasteiger partial charge >= 0.3 is 12.1 Å². The third-order valence-corrected chi connectivity index (χ3v) is 3.69. The molecule has 1 saturated heterocycles. The zero-order valence-corrected chi connectivity index (χ0v) is 11.9. The molecule has 0 aliphatic carbocycles. The molecule has 1 aliphatic heterocycles. The second-order valence-electron chi connectivity index (χ2n) is 4.54. The van der Waals surface area contributed by atoms with Crippen LogP contribution in [-0.4, -0.2) is 51.9 Å². The van der Waals surface area contributed by atoms with Gasteiger partial charge in [0.25, 0.3) is 0 Å². The molecule has 9 heteroatoms. The smallest absolute Gasteiger partial charge is 0.319 e. The van der Waals surface area contributed by atoms with Gasteiger partial charge in [-0.1, -0.05) is 6.07 Å². The van der Waals surface area contributed by atoms with Gasteiger partial charge < -0.3 is 20.9 Å². The van der Waals surface area contributed by atoms with Gasteiger partial charge in [-0.15, -0.1) is 0 Å². The van der Waals surface area contributed by atoms with Crippen molar-refractivity contribution in [3.8, 4) is 0 Å². The Morgan fingerprint density at radius 1 is 1.43 bits per heavy atom. The topological polar surface area (TPSA) is 99.2 Å². The Bertz CT molecular complexity index is 673. The Morgan fingerprint density at radius 3 is 3.14 bits per heavy atom. The number of urea groups is 2. The van der Waals surface area contributed by atoms with Crippen molar-refractivity contribution >= 4 is 40.5 Å². The molecule has 1 aromatic heterocycles. The van der Waals surface area contributed by atoms with Crippen LogP contribution in [-0.2, 0) is 0 Å². The maximum Gasteiger partial charge on any atom is 0.319 e. The van der Waals surface area contributed by atoms with Crippen LogP contribution in [0.1, 0.15) is 0 Å². The number of amides is 4. The average Bonchev–Trinajstić information content (AvgIpc) is 3.09. The third kappa shape index (κ3) is 3.02. The molecule has 0 radical (unpaired) electrons. The quantitative estimate of drug-likeness (QED) is 0.779. The normalized spacial score (nSPS) is 14.3. The number of nitrogens with one attached hydrogen (secondary N) is 3. The fourth-order valence-corrected chi connectivity index (χ4v) is 2.65. The van der Waals surface area contributed by atoms with E-state index in [2.05, 4.69) is 24.7 Å². The summed E-state index contributed by atoms with van der Waals surface area (Å²) < 4.78 is 8.27. The number of hydrogen-bond acceptors (Lipinski definition) is 5. The predicted octanol–water partition coefficient (Wildman–Crippen LogP) is 0.838. The molecule has 110 valence electrons. The molecular formula is C12H14N6O2S. The number of rotatable bonds is 4. The molecular weight excluding hydrogens is 292 g/mol. The number of aromatic nitrogens is 2. The highest BCUT2D eigenvalue weighted by Gasteiger charge is 2.18. The van der Waals surface area contributed by atoms with E-state index >= 15 is 0 Å². The highest BCUT2D eigenvalue weighted by atomic mass is 32.1. The predicted molar refractivity (Wildman–Crippen MR) is 79.4 cm³/mol. The first kappa shape index (κ1) is 13.6. The first-order valence-corrected chi connectivity index (χ1v) is 7.26. The second kappa shape index (κ2) is 5.92. The molecule has 2 aromatic rings. The van der Waals surface area contributed by atoms with Crippen molar-refractivity contribution in [2.45, 2.75) is 0 Å². The van der Waals surface area contributed by atoms with E-state index in [0.717, 1.165) is 17.2 Å². The number of hydrogen-bond donors (Lipinski definition) is 3. The van der Waals surface area contributed by atoms with Crippen molar-refractivity contribution in [1.29, 1.82) is 0 Å². The van der Waals surface area contributed by atoms with Gasteiger partial charge in [0.15, 0.2) is 0 Å². The van der Waals surface area contributed by atoms with E-state index in [-0.39, 0.29) is 12.1 Å². The monoisotopic (exact) mass is 306 g/mol. The molecule has 21 heavy (non-hydrogen) atoms. The minimum Gasteiger partial charge on any atom is -0.336 e. The summed E-state index contributed by atoms with van der Waals surface area (Å²) in [7, 11) is 0. The summed E-state index contributed by atoms with van der Waals surface area (Å²) in [5.41, 5.74) is 2.06. The van der Waals surface area contributed by atoms with Crippen molar-refractivity contribution in [2.24, 2.45) is 0 Å². The number of carbonyl (C=O) groups is 2. The third-order valence-electron chi connectivity index (χ3n) is 3.15. The van der Waals surface area contributed by atoms with Gasteiger partial charge in [0.1, 0.15) is 11.0 Å². The van der Waals surface area contributed by atoms with Gasteiger partial charge in [-0.2, -0.15) is 8.75 Å². The van der Waals surface area contributed by atoms with Crippen molar-refractivity contribution in [3.63, 3.8) is 0 Å². The second-order valence-corrected chi connectivity index (χ2v) is 5.07. The molecule has 0 saturated carbocycles. The van der Waals surface area contributed by atoms with E-state index in [1.54, 1.807) is 11.0 Å². The fourth-order valence-electron chi connectivity index (χ4n) is 2.10. The van der Waals surface area contributed by atoms with Gasteiger partial charge in [0.2, 0.25) is 0 Å². The Labute approximate surface area is 124 Å². The lowest BCUT2D eigenvalue weighted by Gasteiger charge is -2.14. The zero-order chi connectivity index (χ0) is 14.7. The Hall–Kier alpha value is -2.42. The number of benzene rings is 1. The summed E-state index contributed by atoms with van der Waals surface area (Å²) in [6.07, 6.45) is 0. The summed E-state index contributed by atoms with van der Waals surface area (Å²) in [5, 5.41) is 8.17. The van der Waals surface area contributed by atoms with Crippen LogP contribution in [0.15, 0.2) is 18.2 Å². The molecule has 0 bridgehead atoms.